The van der Waals surface area contributed by atoms with E-state index in [0.29, 0.717) is 0 Å². The van der Waals surface area contributed by atoms with Crippen molar-refractivity contribution in [3.63, 3.8) is 0 Å². The molecular weight excluding hydrogens is 233 g/mol. The van der Waals surface area contributed by atoms with E-state index in [9.17, 15) is 0 Å². The van der Waals surface area contributed by atoms with Gasteiger partial charge in [0.25, 0.3) is 0 Å². The Morgan fingerprint density at radius 1 is 1.40 bits per heavy atom. The van der Waals surface area contributed by atoms with Gasteiger partial charge in [-0.3, -0.25) is 0 Å². The lowest BCUT2D eigenvalue weighted by atomic mass is 10.2. The third-order valence-corrected chi connectivity index (χ3v) is 2.56. The van der Waals surface area contributed by atoms with Crippen molar-refractivity contribution >= 4 is 24.0 Å². The molecule has 1 aromatic carbocycles. The van der Waals surface area contributed by atoms with E-state index in [4.69, 9.17) is 16.3 Å². The summed E-state index contributed by atoms with van der Waals surface area (Å²) in [4.78, 5) is 0. The molecule has 4 heteroatoms. The average molecular weight is 248 g/mol. The van der Waals surface area contributed by atoms with Crippen molar-refractivity contribution in [2.24, 2.45) is 0 Å². The fraction of sp³-hybridized carbons (Fsp3) is 0.455. The van der Waals surface area contributed by atoms with Crippen LogP contribution < -0.4 is 10.1 Å². The van der Waals surface area contributed by atoms with E-state index < -0.39 is 0 Å². The Hall–Kier alpha value is -0.440. The molecule has 0 aliphatic heterocycles. The molecule has 0 heterocycles. The molecule has 1 fully saturated rings. The lowest BCUT2D eigenvalue weighted by molar-refractivity contribution is 0.414. The minimum atomic E-state index is 0. The van der Waals surface area contributed by atoms with Crippen molar-refractivity contribution in [3.8, 4) is 5.75 Å². The molecule has 0 radical (unpaired) electrons. The standard InChI is InChI=1S/C11H14ClNO.ClH/c1-14-11-5-8(4-9(12)6-11)7-13-10-2-3-10;/h4-6,10,13H,2-3,7H2,1H3;1H. The molecule has 1 aromatic rings. The summed E-state index contributed by atoms with van der Waals surface area (Å²) in [5, 5.41) is 4.17. The topological polar surface area (TPSA) is 21.3 Å². The summed E-state index contributed by atoms with van der Waals surface area (Å²) in [6.45, 7) is 0.877. The largest absolute Gasteiger partial charge is 0.497 e. The Bertz CT molecular complexity index is 326. The van der Waals surface area contributed by atoms with Gasteiger partial charge in [0.1, 0.15) is 5.75 Å². The highest BCUT2D eigenvalue weighted by atomic mass is 35.5. The summed E-state index contributed by atoms with van der Waals surface area (Å²) in [7, 11) is 1.66. The number of hydrogen-bond donors (Lipinski definition) is 1. The highest BCUT2D eigenvalue weighted by Gasteiger charge is 2.19. The van der Waals surface area contributed by atoms with Gasteiger partial charge in [0.05, 0.1) is 7.11 Å². The second-order valence-electron chi connectivity index (χ2n) is 3.65. The minimum Gasteiger partial charge on any atom is -0.497 e. The van der Waals surface area contributed by atoms with Crippen molar-refractivity contribution in [3.05, 3.63) is 28.8 Å². The van der Waals surface area contributed by atoms with Crippen LogP contribution in [0.2, 0.25) is 5.02 Å². The van der Waals surface area contributed by atoms with Crippen LogP contribution in [0.25, 0.3) is 0 Å². The first kappa shape index (κ1) is 12.6. The number of nitrogens with one attached hydrogen (secondary N) is 1. The van der Waals surface area contributed by atoms with Gasteiger partial charge in [-0.2, -0.15) is 0 Å². The van der Waals surface area contributed by atoms with Crippen LogP contribution in [0.4, 0.5) is 0 Å². The molecule has 0 atom stereocenters. The fourth-order valence-electron chi connectivity index (χ4n) is 1.39. The van der Waals surface area contributed by atoms with Gasteiger partial charge in [0.15, 0.2) is 0 Å². The molecule has 1 aliphatic carbocycles. The van der Waals surface area contributed by atoms with Gasteiger partial charge in [-0.1, -0.05) is 11.6 Å². The van der Waals surface area contributed by atoms with Crippen LogP contribution in [0.15, 0.2) is 18.2 Å². The van der Waals surface area contributed by atoms with Gasteiger partial charge in [-0.25, -0.2) is 0 Å². The Balaban J connectivity index is 0.00000112. The molecule has 1 N–H and O–H groups in total. The predicted octanol–water partition coefficient (Wildman–Crippen LogP) is 3.02. The first-order valence-corrected chi connectivity index (χ1v) is 5.22. The molecule has 0 saturated heterocycles. The molecule has 2 nitrogen and oxygen atoms in total. The van der Waals surface area contributed by atoms with Gasteiger partial charge < -0.3 is 10.1 Å². The van der Waals surface area contributed by atoms with Gasteiger partial charge >= 0.3 is 0 Å². The molecule has 0 unspecified atom stereocenters. The maximum Gasteiger partial charge on any atom is 0.120 e. The normalized spacial score (nSPS) is 14.5. The lowest BCUT2D eigenvalue weighted by Crippen LogP contribution is -2.15. The summed E-state index contributed by atoms with van der Waals surface area (Å²) in [5.74, 6) is 0.824. The van der Waals surface area contributed by atoms with Gasteiger partial charge in [0.2, 0.25) is 0 Å². The zero-order valence-corrected chi connectivity index (χ0v) is 10.2. The Morgan fingerprint density at radius 3 is 2.73 bits per heavy atom. The van der Waals surface area contributed by atoms with E-state index in [1.807, 2.05) is 18.2 Å². The minimum absolute atomic E-state index is 0. The molecule has 0 amide bonds. The van der Waals surface area contributed by atoms with Crippen molar-refractivity contribution in [2.75, 3.05) is 7.11 Å². The zero-order valence-electron chi connectivity index (χ0n) is 8.63. The van der Waals surface area contributed by atoms with Crippen LogP contribution in [-0.2, 0) is 6.54 Å². The average Bonchev–Trinajstić information content (AvgIpc) is 2.97. The molecule has 1 saturated carbocycles. The molecule has 15 heavy (non-hydrogen) atoms. The summed E-state index contributed by atoms with van der Waals surface area (Å²) >= 11 is 5.95. The summed E-state index contributed by atoms with van der Waals surface area (Å²) in [5.41, 5.74) is 1.18. The second kappa shape index (κ2) is 5.59. The number of rotatable bonds is 4. The van der Waals surface area contributed by atoms with Crippen LogP contribution >= 0.6 is 24.0 Å². The van der Waals surface area contributed by atoms with E-state index >= 15 is 0 Å². The number of methoxy groups -OCH3 is 1. The molecule has 0 aromatic heterocycles. The second-order valence-corrected chi connectivity index (χ2v) is 4.09. The van der Waals surface area contributed by atoms with Crippen LogP contribution in [0.1, 0.15) is 18.4 Å². The van der Waals surface area contributed by atoms with E-state index in [-0.39, 0.29) is 12.4 Å². The maximum atomic E-state index is 5.95. The number of benzene rings is 1. The lowest BCUT2D eigenvalue weighted by Gasteiger charge is -2.06. The van der Waals surface area contributed by atoms with E-state index in [2.05, 4.69) is 5.32 Å². The quantitative estimate of drug-likeness (QED) is 0.884. The van der Waals surface area contributed by atoms with Crippen LogP contribution in [0.5, 0.6) is 5.75 Å². The third kappa shape index (κ3) is 3.90. The third-order valence-electron chi connectivity index (χ3n) is 2.34. The van der Waals surface area contributed by atoms with Gasteiger partial charge in [-0.15, -0.1) is 12.4 Å². The SMILES string of the molecule is COc1cc(Cl)cc(CNC2CC2)c1.Cl. The van der Waals surface area contributed by atoms with Gasteiger partial charge in [-0.05, 0) is 36.6 Å². The smallest absolute Gasteiger partial charge is 0.120 e. The Kier molecular flexibility index (Phi) is 4.71. The molecule has 0 spiro atoms. The number of halogens is 2. The molecular formula is C11H15Cl2NO. The van der Waals surface area contributed by atoms with Crippen molar-refractivity contribution in [2.45, 2.75) is 25.4 Å². The van der Waals surface area contributed by atoms with Crippen LogP contribution in [-0.4, -0.2) is 13.2 Å². The fourth-order valence-corrected chi connectivity index (χ4v) is 1.64. The van der Waals surface area contributed by atoms with Gasteiger partial charge in [0, 0.05) is 17.6 Å². The number of hydrogen-bond acceptors (Lipinski definition) is 2. The van der Waals surface area contributed by atoms with Crippen molar-refractivity contribution in [1.82, 2.24) is 5.32 Å². The Labute approximate surface area is 101 Å². The monoisotopic (exact) mass is 247 g/mol. The van der Waals surface area contributed by atoms with Crippen molar-refractivity contribution < 1.29 is 4.74 Å². The molecule has 0 bridgehead atoms. The maximum absolute atomic E-state index is 5.95. The number of ether oxygens (including phenoxy) is 1. The highest BCUT2D eigenvalue weighted by molar-refractivity contribution is 6.30. The Morgan fingerprint density at radius 2 is 2.13 bits per heavy atom. The van der Waals surface area contributed by atoms with E-state index in [1.54, 1.807) is 7.11 Å². The van der Waals surface area contributed by atoms with Crippen LogP contribution in [0.3, 0.4) is 0 Å². The van der Waals surface area contributed by atoms with Crippen LogP contribution in [0, 0.1) is 0 Å². The summed E-state index contributed by atoms with van der Waals surface area (Å²) < 4.78 is 5.15. The van der Waals surface area contributed by atoms with E-state index in [1.165, 1.54) is 18.4 Å². The first-order chi connectivity index (χ1) is 6.78. The predicted molar refractivity (Wildman–Crippen MR) is 65.1 cm³/mol. The van der Waals surface area contributed by atoms with E-state index in [0.717, 1.165) is 23.4 Å². The summed E-state index contributed by atoms with van der Waals surface area (Å²) in [6, 6.07) is 6.53. The molecule has 84 valence electrons. The first-order valence-electron chi connectivity index (χ1n) is 4.85. The zero-order chi connectivity index (χ0) is 9.97. The summed E-state index contributed by atoms with van der Waals surface area (Å²) in [6.07, 6.45) is 2.61. The van der Waals surface area contributed by atoms with Crippen molar-refractivity contribution in [1.29, 1.82) is 0 Å². The molecule has 1 aliphatic rings. The highest BCUT2D eigenvalue weighted by Crippen LogP contribution is 2.23. The molecule has 2 rings (SSSR count).